The SMILES string of the molecule is NC(=O)c1cccc(CN2CCN(CCCOCC(F)(F)F)CC2)c1. The fraction of sp³-hybridized carbons (Fsp3) is 0.588. The van der Waals surface area contributed by atoms with E-state index in [-0.39, 0.29) is 6.61 Å². The predicted octanol–water partition coefficient (Wildman–Crippen LogP) is 1.87. The number of benzene rings is 1. The summed E-state index contributed by atoms with van der Waals surface area (Å²) in [6.45, 7) is 3.94. The van der Waals surface area contributed by atoms with Gasteiger partial charge in [0.25, 0.3) is 0 Å². The fourth-order valence-electron chi connectivity index (χ4n) is 2.83. The molecule has 0 unspecified atom stereocenters. The van der Waals surface area contributed by atoms with Crippen molar-refractivity contribution in [2.75, 3.05) is 45.9 Å². The van der Waals surface area contributed by atoms with Crippen molar-refractivity contribution < 1.29 is 22.7 Å². The minimum absolute atomic E-state index is 0.125. The minimum atomic E-state index is -4.25. The summed E-state index contributed by atoms with van der Waals surface area (Å²) in [6.07, 6.45) is -3.66. The monoisotopic (exact) mass is 359 g/mol. The maximum absolute atomic E-state index is 12.0. The molecule has 1 aromatic carbocycles. The quantitative estimate of drug-likeness (QED) is 0.720. The van der Waals surface area contributed by atoms with Gasteiger partial charge >= 0.3 is 6.18 Å². The van der Waals surface area contributed by atoms with Crippen LogP contribution in [0, 0.1) is 0 Å². The average Bonchev–Trinajstić information content (AvgIpc) is 2.55. The number of nitrogens with two attached hydrogens (primary N) is 1. The first-order chi connectivity index (χ1) is 11.8. The van der Waals surface area contributed by atoms with Crippen LogP contribution < -0.4 is 5.73 Å². The Morgan fingerprint density at radius 3 is 2.48 bits per heavy atom. The molecule has 1 amide bonds. The number of amides is 1. The van der Waals surface area contributed by atoms with Crippen LogP contribution >= 0.6 is 0 Å². The van der Waals surface area contributed by atoms with Gasteiger partial charge in [0.2, 0.25) is 5.91 Å². The lowest BCUT2D eigenvalue weighted by molar-refractivity contribution is -0.174. The number of nitrogens with zero attached hydrogens (tertiary/aromatic N) is 2. The summed E-state index contributed by atoms with van der Waals surface area (Å²) >= 11 is 0. The van der Waals surface area contributed by atoms with Crippen molar-refractivity contribution in [1.82, 2.24) is 9.80 Å². The van der Waals surface area contributed by atoms with E-state index in [0.717, 1.165) is 44.8 Å². The lowest BCUT2D eigenvalue weighted by Gasteiger charge is -2.34. The Morgan fingerprint density at radius 2 is 1.84 bits per heavy atom. The number of hydrogen-bond donors (Lipinski definition) is 1. The number of ether oxygens (including phenoxy) is 1. The number of primary amides is 1. The third-order valence-corrected chi connectivity index (χ3v) is 4.11. The summed E-state index contributed by atoms with van der Waals surface area (Å²) in [4.78, 5) is 15.7. The topological polar surface area (TPSA) is 58.8 Å². The standard InChI is InChI=1S/C17H24F3N3O2/c18-17(19,20)13-25-10-2-5-22-6-8-23(9-7-22)12-14-3-1-4-15(11-14)16(21)24/h1,3-4,11H,2,5-10,12-13H2,(H2,21,24). The summed E-state index contributed by atoms with van der Waals surface area (Å²) < 4.78 is 40.5. The van der Waals surface area contributed by atoms with E-state index in [2.05, 4.69) is 14.5 Å². The van der Waals surface area contributed by atoms with Crippen molar-refractivity contribution >= 4 is 5.91 Å². The summed E-state index contributed by atoms with van der Waals surface area (Å²) in [5, 5.41) is 0. The van der Waals surface area contributed by atoms with Crippen molar-refractivity contribution in [3.63, 3.8) is 0 Å². The zero-order valence-electron chi connectivity index (χ0n) is 14.1. The van der Waals surface area contributed by atoms with E-state index in [9.17, 15) is 18.0 Å². The van der Waals surface area contributed by atoms with Gasteiger partial charge in [-0.05, 0) is 24.1 Å². The molecule has 5 nitrogen and oxygen atoms in total. The Labute approximate surface area is 145 Å². The lowest BCUT2D eigenvalue weighted by atomic mass is 10.1. The van der Waals surface area contributed by atoms with Crippen molar-refractivity contribution in [3.8, 4) is 0 Å². The minimum Gasteiger partial charge on any atom is -0.372 e. The summed E-state index contributed by atoms with van der Waals surface area (Å²) in [5.74, 6) is -0.431. The third-order valence-electron chi connectivity index (χ3n) is 4.11. The highest BCUT2D eigenvalue weighted by atomic mass is 19.4. The van der Waals surface area contributed by atoms with Gasteiger partial charge in [-0.1, -0.05) is 12.1 Å². The van der Waals surface area contributed by atoms with E-state index in [0.29, 0.717) is 12.0 Å². The van der Waals surface area contributed by atoms with E-state index < -0.39 is 18.7 Å². The molecule has 0 aromatic heterocycles. The van der Waals surface area contributed by atoms with Gasteiger partial charge in [0, 0.05) is 51.4 Å². The van der Waals surface area contributed by atoms with Gasteiger partial charge in [-0.3, -0.25) is 9.69 Å². The molecule has 2 rings (SSSR count). The van der Waals surface area contributed by atoms with E-state index in [1.54, 1.807) is 6.07 Å². The summed E-state index contributed by atoms with van der Waals surface area (Å²) in [7, 11) is 0. The number of carbonyl (C=O) groups excluding carboxylic acids is 1. The molecule has 0 aliphatic carbocycles. The highest BCUT2D eigenvalue weighted by Crippen LogP contribution is 2.14. The largest absolute Gasteiger partial charge is 0.411 e. The average molecular weight is 359 g/mol. The van der Waals surface area contributed by atoms with Gasteiger partial charge < -0.3 is 15.4 Å². The second-order valence-electron chi connectivity index (χ2n) is 6.20. The van der Waals surface area contributed by atoms with Crippen LogP contribution in [-0.2, 0) is 11.3 Å². The van der Waals surface area contributed by atoms with Gasteiger partial charge in [-0.2, -0.15) is 13.2 Å². The molecule has 1 heterocycles. The van der Waals surface area contributed by atoms with Crippen LogP contribution in [0.25, 0.3) is 0 Å². The van der Waals surface area contributed by atoms with E-state index in [4.69, 9.17) is 5.73 Å². The molecule has 1 aliphatic rings. The summed E-state index contributed by atoms with van der Waals surface area (Å²) in [5.41, 5.74) is 6.85. The number of piperazine rings is 1. The van der Waals surface area contributed by atoms with Gasteiger partial charge in [-0.15, -0.1) is 0 Å². The molecule has 0 bridgehead atoms. The van der Waals surface area contributed by atoms with Gasteiger partial charge in [0.05, 0.1) is 0 Å². The molecule has 0 radical (unpaired) electrons. The Balaban J connectivity index is 1.64. The smallest absolute Gasteiger partial charge is 0.372 e. The second-order valence-corrected chi connectivity index (χ2v) is 6.20. The van der Waals surface area contributed by atoms with Crippen LogP contribution in [0.3, 0.4) is 0 Å². The Bertz CT molecular complexity index is 558. The molecule has 140 valence electrons. The number of carbonyl (C=O) groups is 1. The molecule has 2 N–H and O–H groups in total. The van der Waals surface area contributed by atoms with E-state index in [1.807, 2.05) is 18.2 Å². The Kier molecular flexibility index (Phi) is 7.22. The van der Waals surface area contributed by atoms with E-state index >= 15 is 0 Å². The Hall–Kier alpha value is -1.64. The van der Waals surface area contributed by atoms with Crippen LogP contribution in [0.5, 0.6) is 0 Å². The molecule has 0 spiro atoms. The van der Waals surface area contributed by atoms with Crippen LogP contribution in [0.1, 0.15) is 22.3 Å². The number of rotatable bonds is 8. The number of halogens is 3. The second kappa shape index (κ2) is 9.17. The molecule has 1 saturated heterocycles. The summed E-state index contributed by atoms with van der Waals surface area (Å²) in [6, 6.07) is 7.31. The van der Waals surface area contributed by atoms with Crippen LogP contribution in [0.4, 0.5) is 13.2 Å². The van der Waals surface area contributed by atoms with E-state index in [1.165, 1.54) is 0 Å². The first kappa shape index (κ1) is 19.7. The first-order valence-electron chi connectivity index (χ1n) is 8.31. The maximum Gasteiger partial charge on any atom is 0.411 e. The van der Waals surface area contributed by atoms with Crippen LogP contribution in [0.15, 0.2) is 24.3 Å². The zero-order valence-corrected chi connectivity index (χ0v) is 14.1. The normalized spacial score (nSPS) is 16.9. The lowest BCUT2D eigenvalue weighted by Crippen LogP contribution is -2.46. The van der Waals surface area contributed by atoms with Gasteiger partial charge in [0.1, 0.15) is 6.61 Å². The molecular weight excluding hydrogens is 335 g/mol. The van der Waals surface area contributed by atoms with Gasteiger partial charge in [-0.25, -0.2) is 0 Å². The highest BCUT2D eigenvalue weighted by molar-refractivity contribution is 5.92. The molecular formula is C17H24F3N3O2. The molecule has 0 atom stereocenters. The molecule has 25 heavy (non-hydrogen) atoms. The number of hydrogen-bond acceptors (Lipinski definition) is 4. The number of alkyl halides is 3. The molecule has 8 heteroatoms. The van der Waals surface area contributed by atoms with Crippen molar-refractivity contribution in [1.29, 1.82) is 0 Å². The van der Waals surface area contributed by atoms with Crippen LogP contribution in [-0.4, -0.2) is 67.8 Å². The van der Waals surface area contributed by atoms with Crippen LogP contribution in [0.2, 0.25) is 0 Å². The maximum atomic E-state index is 12.0. The Morgan fingerprint density at radius 1 is 1.16 bits per heavy atom. The van der Waals surface area contributed by atoms with Gasteiger partial charge in [0.15, 0.2) is 0 Å². The van der Waals surface area contributed by atoms with Crippen molar-refractivity contribution in [2.45, 2.75) is 19.1 Å². The predicted molar refractivity (Wildman–Crippen MR) is 88.2 cm³/mol. The van der Waals surface area contributed by atoms with Crippen molar-refractivity contribution in [2.24, 2.45) is 5.73 Å². The highest BCUT2D eigenvalue weighted by Gasteiger charge is 2.27. The first-order valence-corrected chi connectivity index (χ1v) is 8.31. The molecule has 0 saturated carbocycles. The molecule has 1 aliphatic heterocycles. The fourth-order valence-corrected chi connectivity index (χ4v) is 2.83. The molecule has 1 fully saturated rings. The van der Waals surface area contributed by atoms with Crippen molar-refractivity contribution in [3.05, 3.63) is 35.4 Å². The molecule has 1 aromatic rings. The zero-order chi connectivity index (χ0) is 18.3. The third kappa shape index (κ3) is 7.41.